The summed E-state index contributed by atoms with van der Waals surface area (Å²) < 4.78 is 10.7. The predicted octanol–water partition coefficient (Wildman–Crippen LogP) is 3.59. The minimum Gasteiger partial charge on any atom is -0.497 e. The van der Waals surface area contributed by atoms with Crippen molar-refractivity contribution in [3.05, 3.63) is 64.8 Å². The first-order chi connectivity index (χ1) is 15.5. The lowest BCUT2D eigenvalue weighted by atomic mass is 10.1. The molecular weight excluding hydrogens is 426 g/mol. The monoisotopic (exact) mass is 453 g/mol. The molecule has 1 saturated heterocycles. The maximum absolute atomic E-state index is 12.9. The second-order valence-electron chi connectivity index (χ2n) is 7.59. The summed E-state index contributed by atoms with van der Waals surface area (Å²) in [4.78, 5) is 30.1. The number of methoxy groups -OCH3 is 1. The van der Waals surface area contributed by atoms with Crippen LogP contribution in [-0.4, -0.2) is 62.4 Å². The van der Waals surface area contributed by atoms with Gasteiger partial charge in [-0.05, 0) is 55.5 Å². The molecular formula is C24H27N3O4S. The smallest absolute Gasteiger partial charge is 0.265 e. The van der Waals surface area contributed by atoms with Gasteiger partial charge in [-0.2, -0.15) is 0 Å². The van der Waals surface area contributed by atoms with E-state index < -0.39 is 0 Å². The zero-order valence-electron chi connectivity index (χ0n) is 18.3. The third-order valence-electron chi connectivity index (χ3n) is 5.57. The van der Waals surface area contributed by atoms with Crippen molar-refractivity contribution in [3.63, 3.8) is 0 Å². The minimum atomic E-state index is -0.180. The van der Waals surface area contributed by atoms with Crippen LogP contribution in [0.15, 0.2) is 59.2 Å². The van der Waals surface area contributed by atoms with Gasteiger partial charge in [0.1, 0.15) is 16.4 Å². The van der Waals surface area contributed by atoms with Crippen LogP contribution in [0.4, 0.5) is 11.4 Å². The Bertz CT molecular complexity index is 997. The second-order valence-corrected chi connectivity index (χ2v) is 8.70. The van der Waals surface area contributed by atoms with Crippen LogP contribution < -0.4 is 15.0 Å². The van der Waals surface area contributed by atoms with Crippen LogP contribution in [0.3, 0.4) is 0 Å². The predicted molar refractivity (Wildman–Crippen MR) is 127 cm³/mol. The van der Waals surface area contributed by atoms with Gasteiger partial charge in [0, 0.05) is 48.9 Å². The molecule has 4 rings (SSSR count). The van der Waals surface area contributed by atoms with Gasteiger partial charge in [0.15, 0.2) is 0 Å². The summed E-state index contributed by atoms with van der Waals surface area (Å²) in [5.74, 6) is 2.08. The van der Waals surface area contributed by atoms with Crippen molar-refractivity contribution in [2.75, 3.05) is 55.9 Å². The lowest BCUT2D eigenvalue weighted by Crippen LogP contribution is -2.48. The highest BCUT2D eigenvalue weighted by molar-refractivity contribution is 8.04. The average Bonchev–Trinajstić information content (AvgIpc) is 2.84. The molecule has 32 heavy (non-hydrogen) atoms. The number of anilines is 2. The van der Waals surface area contributed by atoms with E-state index in [-0.39, 0.29) is 11.8 Å². The number of benzene rings is 2. The van der Waals surface area contributed by atoms with Crippen LogP contribution in [0.1, 0.15) is 17.3 Å². The minimum absolute atomic E-state index is 0.00652. The molecule has 0 unspecified atom stereocenters. The molecule has 0 aromatic heterocycles. The van der Waals surface area contributed by atoms with Crippen molar-refractivity contribution in [1.82, 2.24) is 4.90 Å². The van der Waals surface area contributed by atoms with E-state index in [9.17, 15) is 9.59 Å². The summed E-state index contributed by atoms with van der Waals surface area (Å²) in [6.45, 7) is 5.30. The normalized spacial score (nSPS) is 16.4. The molecule has 0 spiro atoms. The number of piperazine rings is 1. The van der Waals surface area contributed by atoms with Crippen molar-refractivity contribution >= 4 is 35.0 Å². The maximum atomic E-state index is 12.9. The van der Waals surface area contributed by atoms with Crippen molar-refractivity contribution in [3.8, 4) is 5.75 Å². The molecule has 2 aromatic carbocycles. The highest BCUT2D eigenvalue weighted by atomic mass is 32.2. The van der Waals surface area contributed by atoms with Crippen molar-refractivity contribution in [2.45, 2.75) is 6.92 Å². The number of hydrogen-bond donors (Lipinski definition) is 1. The molecule has 2 aromatic rings. The van der Waals surface area contributed by atoms with E-state index in [0.717, 1.165) is 30.3 Å². The summed E-state index contributed by atoms with van der Waals surface area (Å²) in [5, 5.41) is 2.88. The lowest BCUT2D eigenvalue weighted by molar-refractivity contribution is -0.112. The van der Waals surface area contributed by atoms with Crippen LogP contribution in [0.25, 0.3) is 0 Å². The Morgan fingerprint density at radius 3 is 2.31 bits per heavy atom. The van der Waals surface area contributed by atoms with Crippen molar-refractivity contribution in [2.24, 2.45) is 0 Å². The third-order valence-corrected chi connectivity index (χ3v) is 6.70. The number of nitrogens with zero attached hydrogens (tertiary/aromatic N) is 2. The number of ether oxygens (including phenoxy) is 2. The zero-order chi connectivity index (χ0) is 22.5. The number of carbonyl (C=O) groups excluding carboxylic acids is 2. The SMILES string of the molecule is COc1ccc(N2CCN(C(=O)c3ccc(NC(=O)C4=C(C)OCCS4)cc3)CC2)cc1. The van der Waals surface area contributed by atoms with Crippen molar-refractivity contribution < 1.29 is 19.1 Å². The van der Waals surface area contributed by atoms with Gasteiger partial charge in [0.05, 0.1) is 13.7 Å². The molecule has 1 fully saturated rings. The second kappa shape index (κ2) is 9.99. The van der Waals surface area contributed by atoms with Gasteiger partial charge in [0.2, 0.25) is 0 Å². The fraction of sp³-hybridized carbons (Fsp3) is 0.333. The molecule has 8 heteroatoms. The average molecular weight is 454 g/mol. The molecule has 0 radical (unpaired) electrons. The van der Waals surface area contributed by atoms with E-state index in [1.807, 2.05) is 29.2 Å². The van der Waals surface area contributed by atoms with Gasteiger partial charge >= 0.3 is 0 Å². The van der Waals surface area contributed by atoms with Crippen LogP contribution in [0.5, 0.6) is 5.75 Å². The van der Waals surface area contributed by atoms with Gasteiger partial charge in [-0.3, -0.25) is 9.59 Å². The van der Waals surface area contributed by atoms with Gasteiger partial charge in [-0.25, -0.2) is 0 Å². The number of thioether (sulfide) groups is 1. The van der Waals surface area contributed by atoms with E-state index >= 15 is 0 Å². The van der Waals surface area contributed by atoms with Gasteiger partial charge in [-0.15, -0.1) is 11.8 Å². The molecule has 2 aliphatic rings. The molecule has 7 nitrogen and oxygen atoms in total. The fourth-order valence-corrected chi connectivity index (χ4v) is 4.57. The molecule has 2 aliphatic heterocycles. The van der Waals surface area contributed by atoms with Gasteiger partial charge in [-0.1, -0.05) is 0 Å². The van der Waals surface area contributed by atoms with E-state index in [2.05, 4.69) is 10.2 Å². The molecule has 0 aliphatic carbocycles. The number of rotatable bonds is 5. The molecule has 1 N–H and O–H groups in total. The topological polar surface area (TPSA) is 71.1 Å². The van der Waals surface area contributed by atoms with E-state index in [1.165, 1.54) is 11.8 Å². The first-order valence-corrected chi connectivity index (χ1v) is 11.6. The van der Waals surface area contributed by atoms with Crippen LogP contribution in [-0.2, 0) is 9.53 Å². The lowest BCUT2D eigenvalue weighted by Gasteiger charge is -2.36. The molecule has 0 atom stereocenters. The summed E-state index contributed by atoms with van der Waals surface area (Å²) in [5.41, 5.74) is 2.40. The quantitative estimate of drug-likeness (QED) is 0.746. The molecule has 0 bridgehead atoms. The number of allylic oxidation sites excluding steroid dienone is 1. The third kappa shape index (κ3) is 5.02. The first-order valence-electron chi connectivity index (χ1n) is 10.6. The summed E-state index contributed by atoms with van der Waals surface area (Å²) in [6, 6.07) is 15.0. The van der Waals surface area contributed by atoms with Crippen molar-refractivity contribution in [1.29, 1.82) is 0 Å². The Labute approximate surface area is 192 Å². The van der Waals surface area contributed by atoms with E-state index in [4.69, 9.17) is 9.47 Å². The van der Waals surface area contributed by atoms with Crippen LogP contribution in [0.2, 0.25) is 0 Å². The summed E-state index contributed by atoms with van der Waals surface area (Å²) in [7, 11) is 1.66. The number of nitrogens with one attached hydrogen (secondary N) is 1. The number of amides is 2. The standard InChI is InChI=1S/C24H27N3O4S/c1-17-22(32-16-15-31-17)23(28)25-19-5-3-18(4-6-19)24(29)27-13-11-26(12-14-27)20-7-9-21(30-2)10-8-20/h3-10H,11-16H2,1-2H3,(H,25,28). The summed E-state index contributed by atoms with van der Waals surface area (Å²) in [6.07, 6.45) is 0. The zero-order valence-corrected chi connectivity index (χ0v) is 19.1. The van der Waals surface area contributed by atoms with Gasteiger partial charge in [0.25, 0.3) is 11.8 Å². The Hall–Kier alpha value is -3.13. The number of hydrogen-bond acceptors (Lipinski definition) is 6. The van der Waals surface area contributed by atoms with E-state index in [1.54, 1.807) is 38.3 Å². The molecule has 0 saturated carbocycles. The fourth-order valence-electron chi connectivity index (χ4n) is 3.76. The molecule has 2 heterocycles. The highest BCUT2D eigenvalue weighted by Crippen LogP contribution is 2.27. The molecule has 168 valence electrons. The van der Waals surface area contributed by atoms with Crippen LogP contribution in [0, 0.1) is 0 Å². The Morgan fingerprint density at radius 2 is 1.69 bits per heavy atom. The number of carbonyl (C=O) groups is 2. The van der Waals surface area contributed by atoms with Crippen LogP contribution >= 0.6 is 11.8 Å². The summed E-state index contributed by atoms with van der Waals surface area (Å²) >= 11 is 1.50. The first kappa shape index (κ1) is 22.1. The maximum Gasteiger partial charge on any atom is 0.265 e. The largest absolute Gasteiger partial charge is 0.497 e. The van der Waals surface area contributed by atoms with Gasteiger partial charge < -0.3 is 24.6 Å². The Morgan fingerprint density at radius 1 is 1.00 bits per heavy atom. The molecule has 2 amide bonds. The Kier molecular flexibility index (Phi) is 6.90. The Balaban J connectivity index is 1.32. The van der Waals surface area contributed by atoms with E-state index in [0.29, 0.717) is 41.6 Å². The highest BCUT2D eigenvalue weighted by Gasteiger charge is 2.23.